The molecule has 0 radical (unpaired) electrons. The molecule has 0 aliphatic rings. The van der Waals surface area contributed by atoms with Gasteiger partial charge in [-0.2, -0.15) is 0 Å². The van der Waals surface area contributed by atoms with Crippen molar-refractivity contribution in [3.8, 4) is 0 Å². The van der Waals surface area contributed by atoms with E-state index in [1.165, 1.54) is 6.92 Å². The number of aromatic carboxylic acids is 1. The Morgan fingerprint density at radius 3 is 2.56 bits per heavy atom. The van der Waals surface area contributed by atoms with Crippen molar-refractivity contribution in [2.75, 3.05) is 6.61 Å². The first-order valence-electron chi connectivity index (χ1n) is 4.65. The van der Waals surface area contributed by atoms with Crippen LogP contribution in [0.5, 0.6) is 0 Å². The van der Waals surface area contributed by atoms with Gasteiger partial charge in [-0.1, -0.05) is 0 Å². The van der Waals surface area contributed by atoms with E-state index in [0.717, 1.165) is 11.3 Å². The molecule has 0 aromatic carbocycles. The van der Waals surface area contributed by atoms with Crippen molar-refractivity contribution in [3.05, 3.63) is 15.6 Å². The first kappa shape index (κ1) is 13.0. The molecule has 7 heteroatoms. The summed E-state index contributed by atoms with van der Waals surface area (Å²) in [5.74, 6) is -1.11. The van der Waals surface area contributed by atoms with E-state index < -0.39 is 18.2 Å². The number of thiazole rings is 1. The highest BCUT2D eigenvalue weighted by atomic mass is 32.1. The molecule has 1 rings (SSSR count). The zero-order valence-corrected chi connectivity index (χ0v) is 9.44. The highest BCUT2D eigenvalue weighted by Gasteiger charge is 2.24. The van der Waals surface area contributed by atoms with E-state index in [9.17, 15) is 15.0 Å². The van der Waals surface area contributed by atoms with E-state index in [2.05, 4.69) is 4.98 Å². The number of carboxylic acid groups (broad SMARTS) is 1. The molecule has 0 aliphatic carbocycles. The molecular formula is C9H13NO5S. The van der Waals surface area contributed by atoms with Gasteiger partial charge in [0.2, 0.25) is 0 Å². The van der Waals surface area contributed by atoms with Crippen LogP contribution in [0.3, 0.4) is 0 Å². The van der Waals surface area contributed by atoms with Crippen molar-refractivity contribution < 1.29 is 25.2 Å². The summed E-state index contributed by atoms with van der Waals surface area (Å²) in [6.45, 7) is 1.27. The molecule has 90 valence electrons. The highest BCUT2D eigenvalue weighted by molar-refractivity contribution is 7.13. The smallest absolute Gasteiger partial charge is 0.347 e. The van der Waals surface area contributed by atoms with Crippen molar-refractivity contribution in [2.45, 2.75) is 25.6 Å². The molecule has 0 bridgehead atoms. The Morgan fingerprint density at radius 2 is 2.12 bits per heavy atom. The molecule has 2 unspecified atom stereocenters. The van der Waals surface area contributed by atoms with E-state index in [0.29, 0.717) is 5.69 Å². The number of aryl methyl sites for hydroxylation is 1. The molecule has 0 saturated carbocycles. The standard InChI is InChI=1S/C9H13NO5S/c1-4-7(9(14)15)16-8(10-4)6(13)5(12)2-3-11/h5-6,11-13H,2-3H2,1H3,(H,14,15). The van der Waals surface area contributed by atoms with Crippen LogP contribution in [0.4, 0.5) is 0 Å². The summed E-state index contributed by atoms with van der Waals surface area (Å²) >= 11 is 0.828. The maximum atomic E-state index is 10.7. The summed E-state index contributed by atoms with van der Waals surface area (Å²) < 4.78 is 0. The second-order valence-electron chi connectivity index (χ2n) is 3.30. The van der Waals surface area contributed by atoms with Crippen molar-refractivity contribution in [3.63, 3.8) is 0 Å². The zero-order valence-electron chi connectivity index (χ0n) is 8.62. The fourth-order valence-electron chi connectivity index (χ4n) is 1.20. The Kier molecular flexibility index (Phi) is 4.36. The van der Waals surface area contributed by atoms with Crippen LogP contribution in [0.15, 0.2) is 0 Å². The third kappa shape index (κ3) is 2.76. The first-order valence-corrected chi connectivity index (χ1v) is 5.46. The van der Waals surface area contributed by atoms with Gasteiger partial charge in [0.25, 0.3) is 0 Å². The quantitative estimate of drug-likeness (QED) is 0.579. The Morgan fingerprint density at radius 1 is 1.50 bits per heavy atom. The maximum Gasteiger partial charge on any atom is 0.347 e. The molecule has 1 aromatic rings. The van der Waals surface area contributed by atoms with Crippen LogP contribution in [-0.4, -0.2) is 44.1 Å². The summed E-state index contributed by atoms with van der Waals surface area (Å²) in [7, 11) is 0. The number of carboxylic acids is 1. The Labute approximate surface area is 95.8 Å². The molecule has 2 atom stereocenters. The summed E-state index contributed by atoms with van der Waals surface area (Å²) in [5.41, 5.74) is 0.308. The van der Waals surface area contributed by atoms with Crippen LogP contribution < -0.4 is 0 Å². The van der Waals surface area contributed by atoms with Gasteiger partial charge in [-0.05, 0) is 13.3 Å². The van der Waals surface area contributed by atoms with Gasteiger partial charge in [-0.3, -0.25) is 0 Å². The van der Waals surface area contributed by atoms with Gasteiger partial charge < -0.3 is 20.4 Å². The highest BCUT2D eigenvalue weighted by Crippen LogP contribution is 2.26. The number of nitrogens with zero attached hydrogens (tertiary/aromatic N) is 1. The fraction of sp³-hybridized carbons (Fsp3) is 0.556. The van der Waals surface area contributed by atoms with E-state index in [1.807, 2.05) is 0 Å². The monoisotopic (exact) mass is 247 g/mol. The van der Waals surface area contributed by atoms with Crippen LogP contribution >= 0.6 is 11.3 Å². The molecule has 4 N–H and O–H groups in total. The van der Waals surface area contributed by atoms with Gasteiger partial charge in [0.05, 0.1) is 11.8 Å². The van der Waals surface area contributed by atoms with Crippen molar-refractivity contribution in [1.82, 2.24) is 4.98 Å². The third-order valence-electron chi connectivity index (χ3n) is 2.05. The van der Waals surface area contributed by atoms with Gasteiger partial charge in [0.15, 0.2) is 0 Å². The summed E-state index contributed by atoms with van der Waals surface area (Å²) in [6, 6.07) is 0. The predicted octanol–water partition coefficient (Wildman–Crippen LogP) is -0.0736. The van der Waals surface area contributed by atoms with Crippen molar-refractivity contribution in [2.24, 2.45) is 0 Å². The number of carbonyl (C=O) groups is 1. The van der Waals surface area contributed by atoms with Gasteiger partial charge >= 0.3 is 5.97 Å². The lowest BCUT2D eigenvalue weighted by Gasteiger charge is -2.13. The normalized spacial score (nSPS) is 14.8. The lowest BCUT2D eigenvalue weighted by atomic mass is 10.1. The second kappa shape index (κ2) is 5.35. The molecule has 0 amide bonds. The van der Waals surface area contributed by atoms with Gasteiger partial charge in [-0.15, -0.1) is 11.3 Å². The Balaban J connectivity index is 2.88. The summed E-state index contributed by atoms with van der Waals surface area (Å²) in [6.07, 6.45) is -2.39. The average Bonchev–Trinajstić information content (AvgIpc) is 2.59. The van der Waals surface area contributed by atoms with Gasteiger partial charge in [-0.25, -0.2) is 9.78 Å². The van der Waals surface area contributed by atoms with E-state index >= 15 is 0 Å². The minimum atomic E-state index is -1.26. The minimum absolute atomic E-state index is 0.0161. The third-order valence-corrected chi connectivity index (χ3v) is 3.27. The summed E-state index contributed by atoms with van der Waals surface area (Å²) in [4.78, 5) is 14.7. The average molecular weight is 247 g/mol. The fourth-order valence-corrected chi connectivity index (χ4v) is 2.15. The number of hydrogen-bond donors (Lipinski definition) is 4. The number of aliphatic hydroxyl groups excluding tert-OH is 3. The molecule has 0 spiro atoms. The number of hydrogen-bond acceptors (Lipinski definition) is 6. The van der Waals surface area contributed by atoms with E-state index in [4.69, 9.17) is 10.2 Å². The minimum Gasteiger partial charge on any atom is -0.477 e. The van der Waals surface area contributed by atoms with Crippen molar-refractivity contribution >= 4 is 17.3 Å². The zero-order chi connectivity index (χ0) is 12.3. The number of aliphatic hydroxyl groups is 3. The lowest BCUT2D eigenvalue weighted by molar-refractivity contribution is 0.00407. The lowest BCUT2D eigenvalue weighted by Crippen LogP contribution is -2.19. The topological polar surface area (TPSA) is 111 Å². The molecule has 6 nitrogen and oxygen atoms in total. The molecule has 0 fully saturated rings. The van der Waals surface area contributed by atoms with Gasteiger partial charge in [0, 0.05) is 6.61 Å². The first-order chi connectivity index (χ1) is 7.47. The molecule has 0 saturated heterocycles. The van der Waals surface area contributed by atoms with E-state index in [1.54, 1.807) is 0 Å². The predicted molar refractivity (Wildman–Crippen MR) is 56.5 cm³/mol. The number of aromatic nitrogens is 1. The molecule has 0 aliphatic heterocycles. The Bertz CT molecular complexity index is 378. The van der Waals surface area contributed by atoms with Crippen LogP contribution in [0, 0.1) is 6.92 Å². The molecule has 1 aromatic heterocycles. The van der Waals surface area contributed by atoms with Crippen LogP contribution in [0.25, 0.3) is 0 Å². The Hall–Kier alpha value is -1.02. The largest absolute Gasteiger partial charge is 0.477 e. The van der Waals surface area contributed by atoms with Crippen LogP contribution in [0.2, 0.25) is 0 Å². The molecule has 1 heterocycles. The van der Waals surface area contributed by atoms with Crippen LogP contribution in [0.1, 0.15) is 32.9 Å². The molecule has 16 heavy (non-hydrogen) atoms. The second-order valence-corrected chi connectivity index (χ2v) is 4.33. The maximum absolute atomic E-state index is 10.7. The van der Waals surface area contributed by atoms with Gasteiger partial charge in [0.1, 0.15) is 16.0 Å². The van der Waals surface area contributed by atoms with Crippen LogP contribution in [-0.2, 0) is 0 Å². The van der Waals surface area contributed by atoms with Crippen molar-refractivity contribution in [1.29, 1.82) is 0 Å². The SMILES string of the molecule is Cc1nc(C(O)C(O)CCO)sc1C(=O)O. The number of rotatable bonds is 5. The summed E-state index contributed by atoms with van der Waals surface area (Å²) in [5, 5.41) is 36.6. The molecular weight excluding hydrogens is 234 g/mol. The van der Waals surface area contributed by atoms with E-state index in [-0.39, 0.29) is 22.9 Å².